The molecule has 1 unspecified atom stereocenters. The zero-order valence-electron chi connectivity index (χ0n) is 12.2. The molecule has 1 atom stereocenters. The van der Waals surface area contributed by atoms with Crippen molar-refractivity contribution in [3.05, 3.63) is 0 Å². The van der Waals surface area contributed by atoms with Gasteiger partial charge in [-0.05, 0) is 51.0 Å². The van der Waals surface area contributed by atoms with Crippen LogP contribution < -0.4 is 5.32 Å². The van der Waals surface area contributed by atoms with Crippen molar-refractivity contribution in [2.75, 3.05) is 26.8 Å². The average Bonchev–Trinajstić information content (AvgIpc) is 2.82. The molecule has 2 aliphatic rings. The van der Waals surface area contributed by atoms with Crippen molar-refractivity contribution >= 4 is 0 Å². The Hall–Kier alpha value is -0.120. The fourth-order valence-electron chi connectivity index (χ4n) is 3.45. The lowest BCUT2D eigenvalue weighted by Gasteiger charge is -2.42. The zero-order valence-corrected chi connectivity index (χ0v) is 12.2. The van der Waals surface area contributed by atoms with E-state index >= 15 is 0 Å². The van der Waals surface area contributed by atoms with E-state index in [2.05, 4.69) is 19.2 Å². The Morgan fingerprint density at radius 3 is 2.50 bits per heavy atom. The Morgan fingerprint density at radius 1 is 1.28 bits per heavy atom. The molecule has 1 aliphatic carbocycles. The molecule has 1 N–H and O–H groups in total. The fraction of sp³-hybridized carbons (Fsp3) is 1.00. The number of likely N-dealkylation sites (N-methyl/N-ethyl adjacent to an activating group) is 1. The van der Waals surface area contributed by atoms with E-state index in [9.17, 15) is 0 Å². The molecule has 0 spiro atoms. The van der Waals surface area contributed by atoms with Gasteiger partial charge < -0.3 is 14.8 Å². The normalized spacial score (nSPS) is 37.3. The molecular weight excluding hydrogens is 226 g/mol. The molecule has 1 aliphatic heterocycles. The molecule has 0 aromatic carbocycles. The summed E-state index contributed by atoms with van der Waals surface area (Å²) in [5.74, 6) is 1.70. The van der Waals surface area contributed by atoms with Gasteiger partial charge in [0.2, 0.25) is 0 Å². The van der Waals surface area contributed by atoms with Gasteiger partial charge in [-0.3, -0.25) is 0 Å². The van der Waals surface area contributed by atoms with Crippen LogP contribution >= 0.6 is 0 Å². The maximum Gasteiger partial charge on any atom is 0.0838 e. The van der Waals surface area contributed by atoms with Gasteiger partial charge >= 0.3 is 0 Å². The SMILES string of the molecule is CNCC1(OC2CCOC2)CCC(C(C)C)CC1. The summed E-state index contributed by atoms with van der Waals surface area (Å²) < 4.78 is 11.9. The second kappa shape index (κ2) is 6.36. The molecule has 0 amide bonds. The lowest BCUT2D eigenvalue weighted by atomic mass is 9.74. The summed E-state index contributed by atoms with van der Waals surface area (Å²) in [7, 11) is 2.03. The van der Waals surface area contributed by atoms with E-state index in [1.165, 1.54) is 25.7 Å². The molecule has 2 rings (SSSR count). The van der Waals surface area contributed by atoms with Crippen molar-refractivity contribution in [3.63, 3.8) is 0 Å². The highest BCUT2D eigenvalue weighted by atomic mass is 16.6. The fourth-order valence-corrected chi connectivity index (χ4v) is 3.45. The second-order valence-electron chi connectivity index (χ2n) is 6.40. The molecule has 1 heterocycles. The molecule has 1 saturated carbocycles. The Kier molecular flexibility index (Phi) is 5.05. The molecule has 0 radical (unpaired) electrons. The minimum Gasteiger partial charge on any atom is -0.379 e. The van der Waals surface area contributed by atoms with Gasteiger partial charge in [0.15, 0.2) is 0 Å². The van der Waals surface area contributed by atoms with Crippen LogP contribution in [0.15, 0.2) is 0 Å². The summed E-state index contributed by atoms with van der Waals surface area (Å²) in [6, 6.07) is 0. The lowest BCUT2D eigenvalue weighted by molar-refractivity contribution is -0.118. The third kappa shape index (κ3) is 3.46. The summed E-state index contributed by atoms with van der Waals surface area (Å²) in [6.07, 6.45) is 6.42. The average molecular weight is 255 g/mol. The van der Waals surface area contributed by atoms with Gasteiger partial charge in [0, 0.05) is 13.2 Å². The molecule has 3 heteroatoms. The van der Waals surface area contributed by atoms with E-state index in [1.54, 1.807) is 0 Å². The number of hydrogen-bond acceptors (Lipinski definition) is 3. The Bertz CT molecular complexity index is 241. The van der Waals surface area contributed by atoms with Crippen molar-refractivity contribution in [3.8, 4) is 0 Å². The van der Waals surface area contributed by atoms with Crippen LogP contribution in [0.3, 0.4) is 0 Å². The summed E-state index contributed by atoms with van der Waals surface area (Å²) in [4.78, 5) is 0. The van der Waals surface area contributed by atoms with Crippen LogP contribution in [0.5, 0.6) is 0 Å². The van der Waals surface area contributed by atoms with E-state index in [0.717, 1.165) is 38.0 Å². The van der Waals surface area contributed by atoms with Crippen molar-refractivity contribution in [2.24, 2.45) is 11.8 Å². The third-order valence-electron chi connectivity index (χ3n) is 4.69. The van der Waals surface area contributed by atoms with Crippen molar-refractivity contribution in [1.82, 2.24) is 5.32 Å². The molecular formula is C15H29NO2. The standard InChI is InChI=1S/C15H29NO2/c1-12(2)13-4-7-15(8-5-13,11-16-3)18-14-6-9-17-10-14/h12-14,16H,4-11H2,1-3H3. The van der Waals surface area contributed by atoms with Crippen molar-refractivity contribution < 1.29 is 9.47 Å². The van der Waals surface area contributed by atoms with Gasteiger partial charge in [-0.15, -0.1) is 0 Å². The van der Waals surface area contributed by atoms with Gasteiger partial charge in [0.25, 0.3) is 0 Å². The lowest BCUT2D eigenvalue weighted by Crippen LogP contribution is -2.47. The maximum absolute atomic E-state index is 6.42. The molecule has 3 nitrogen and oxygen atoms in total. The maximum atomic E-state index is 6.42. The van der Waals surface area contributed by atoms with Gasteiger partial charge in [-0.1, -0.05) is 13.8 Å². The highest BCUT2D eigenvalue weighted by molar-refractivity contribution is 4.91. The van der Waals surface area contributed by atoms with Crippen LogP contribution in [0, 0.1) is 11.8 Å². The first-order valence-electron chi connectivity index (χ1n) is 7.55. The highest BCUT2D eigenvalue weighted by Gasteiger charge is 2.39. The molecule has 2 fully saturated rings. The van der Waals surface area contributed by atoms with Gasteiger partial charge in [0.05, 0.1) is 18.3 Å². The second-order valence-corrected chi connectivity index (χ2v) is 6.40. The Balaban J connectivity index is 1.91. The largest absolute Gasteiger partial charge is 0.379 e. The van der Waals surface area contributed by atoms with E-state index < -0.39 is 0 Å². The van der Waals surface area contributed by atoms with Crippen LogP contribution in [0.25, 0.3) is 0 Å². The Morgan fingerprint density at radius 2 is 2.00 bits per heavy atom. The summed E-state index contributed by atoms with van der Waals surface area (Å²) in [5.41, 5.74) is 0.0680. The van der Waals surface area contributed by atoms with Crippen molar-refractivity contribution in [1.29, 1.82) is 0 Å². The van der Waals surface area contributed by atoms with Crippen LogP contribution in [-0.4, -0.2) is 38.5 Å². The predicted octanol–water partition coefficient (Wildman–Crippen LogP) is 2.60. The quantitative estimate of drug-likeness (QED) is 0.819. The van der Waals surface area contributed by atoms with Crippen LogP contribution in [0.2, 0.25) is 0 Å². The first-order valence-corrected chi connectivity index (χ1v) is 7.55. The first-order chi connectivity index (χ1) is 8.65. The van der Waals surface area contributed by atoms with Gasteiger partial charge in [-0.2, -0.15) is 0 Å². The topological polar surface area (TPSA) is 30.5 Å². The molecule has 0 aromatic heterocycles. The summed E-state index contributed by atoms with van der Waals surface area (Å²) >= 11 is 0. The summed E-state index contributed by atoms with van der Waals surface area (Å²) in [6.45, 7) is 7.34. The molecule has 18 heavy (non-hydrogen) atoms. The monoisotopic (exact) mass is 255 g/mol. The van der Waals surface area contributed by atoms with E-state index in [4.69, 9.17) is 9.47 Å². The number of ether oxygens (including phenoxy) is 2. The predicted molar refractivity (Wildman–Crippen MR) is 73.8 cm³/mol. The van der Waals surface area contributed by atoms with Gasteiger partial charge in [-0.25, -0.2) is 0 Å². The highest BCUT2D eigenvalue weighted by Crippen LogP contribution is 2.39. The van der Waals surface area contributed by atoms with Crippen molar-refractivity contribution in [2.45, 2.75) is 57.7 Å². The smallest absolute Gasteiger partial charge is 0.0838 e. The molecule has 0 aromatic rings. The number of hydrogen-bond donors (Lipinski definition) is 1. The van der Waals surface area contributed by atoms with E-state index in [1.807, 2.05) is 7.05 Å². The Labute approximate surface area is 112 Å². The van der Waals surface area contributed by atoms with Crippen LogP contribution in [0.1, 0.15) is 46.0 Å². The summed E-state index contributed by atoms with van der Waals surface area (Å²) in [5, 5.41) is 3.33. The molecule has 1 saturated heterocycles. The van der Waals surface area contributed by atoms with Crippen LogP contribution in [-0.2, 0) is 9.47 Å². The minimum absolute atomic E-state index is 0.0680. The van der Waals surface area contributed by atoms with E-state index in [0.29, 0.717) is 6.10 Å². The molecule has 0 bridgehead atoms. The third-order valence-corrected chi connectivity index (χ3v) is 4.69. The minimum atomic E-state index is 0.0680. The van der Waals surface area contributed by atoms with Gasteiger partial charge in [0.1, 0.15) is 0 Å². The zero-order chi connectivity index (χ0) is 13.0. The molecule has 106 valence electrons. The van der Waals surface area contributed by atoms with Crippen LogP contribution in [0.4, 0.5) is 0 Å². The number of nitrogens with one attached hydrogen (secondary N) is 1. The van der Waals surface area contributed by atoms with E-state index in [-0.39, 0.29) is 5.60 Å². The first kappa shape index (κ1) is 14.3. The number of rotatable bonds is 5.